The summed E-state index contributed by atoms with van der Waals surface area (Å²) >= 11 is 0. The molecule has 1 aromatic carbocycles. The van der Waals surface area contributed by atoms with Crippen molar-refractivity contribution in [1.82, 2.24) is 0 Å². The number of sulfonamides is 1. The molecule has 4 nitrogen and oxygen atoms in total. The lowest BCUT2D eigenvalue weighted by molar-refractivity contribution is -0.137. The van der Waals surface area contributed by atoms with Crippen LogP contribution < -0.4 is 4.72 Å². The summed E-state index contributed by atoms with van der Waals surface area (Å²) in [4.78, 5) is 0. The van der Waals surface area contributed by atoms with Gasteiger partial charge in [0.2, 0.25) is 10.0 Å². The van der Waals surface area contributed by atoms with Gasteiger partial charge in [-0.2, -0.15) is 18.4 Å². The average molecular weight is 306 g/mol. The third-order valence-corrected chi connectivity index (χ3v) is 4.62. The van der Waals surface area contributed by atoms with Crippen LogP contribution in [0.5, 0.6) is 0 Å². The molecule has 1 N–H and O–H groups in total. The summed E-state index contributed by atoms with van der Waals surface area (Å²) in [5.74, 6) is 0. The highest BCUT2D eigenvalue weighted by molar-refractivity contribution is 7.94. The van der Waals surface area contributed by atoms with Crippen LogP contribution in [0.4, 0.5) is 18.9 Å². The number of hydrogen-bond acceptors (Lipinski definition) is 3. The zero-order valence-electron chi connectivity index (χ0n) is 11.0. The largest absolute Gasteiger partial charge is 0.417 e. The van der Waals surface area contributed by atoms with Gasteiger partial charge in [0.1, 0.15) is 0 Å². The number of nitriles is 1. The lowest BCUT2D eigenvalue weighted by Gasteiger charge is -2.21. The minimum Gasteiger partial charge on any atom is -0.283 e. The smallest absolute Gasteiger partial charge is 0.283 e. The van der Waals surface area contributed by atoms with Crippen molar-refractivity contribution in [1.29, 1.82) is 5.26 Å². The van der Waals surface area contributed by atoms with Gasteiger partial charge < -0.3 is 0 Å². The highest BCUT2D eigenvalue weighted by atomic mass is 32.2. The molecule has 0 saturated heterocycles. The molecule has 0 saturated carbocycles. The molecule has 1 aromatic rings. The molecular weight excluding hydrogens is 293 g/mol. The normalized spacial score (nSPS) is 12.8. The van der Waals surface area contributed by atoms with Gasteiger partial charge in [-0.05, 0) is 39.0 Å². The fraction of sp³-hybridized carbons (Fsp3) is 0.417. The maximum atomic E-state index is 12.8. The van der Waals surface area contributed by atoms with Crippen molar-refractivity contribution in [3.05, 3.63) is 29.3 Å². The molecule has 0 aliphatic heterocycles. The Labute approximate surface area is 115 Å². The number of benzene rings is 1. The lowest BCUT2D eigenvalue weighted by Crippen LogP contribution is -2.33. The lowest BCUT2D eigenvalue weighted by atomic mass is 10.1. The van der Waals surface area contributed by atoms with E-state index in [2.05, 4.69) is 4.72 Å². The first-order valence-electron chi connectivity index (χ1n) is 5.52. The van der Waals surface area contributed by atoms with E-state index in [0.717, 1.165) is 12.1 Å². The van der Waals surface area contributed by atoms with Gasteiger partial charge in [0.25, 0.3) is 0 Å². The Bertz CT molecular complexity index is 653. The summed E-state index contributed by atoms with van der Waals surface area (Å²) in [5.41, 5.74) is -1.96. The van der Waals surface area contributed by atoms with Gasteiger partial charge in [-0.25, -0.2) is 8.42 Å². The second kappa shape index (κ2) is 4.98. The summed E-state index contributed by atoms with van der Waals surface area (Å²) in [6.45, 7) is 4.26. The van der Waals surface area contributed by atoms with Crippen LogP contribution in [0, 0.1) is 11.3 Å². The minimum atomic E-state index is -4.73. The molecule has 0 amide bonds. The third-order valence-electron chi connectivity index (χ3n) is 2.50. The first-order valence-corrected chi connectivity index (χ1v) is 7.00. The summed E-state index contributed by atoms with van der Waals surface area (Å²) < 4.78 is 62.9. The first-order chi connectivity index (χ1) is 8.88. The van der Waals surface area contributed by atoms with E-state index in [0.29, 0.717) is 6.07 Å². The van der Waals surface area contributed by atoms with E-state index in [1.54, 1.807) is 0 Å². The number of anilines is 1. The fourth-order valence-corrected chi connectivity index (χ4v) is 1.99. The molecule has 0 aliphatic rings. The van der Waals surface area contributed by atoms with Gasteiger partial charge in [-0.3, -0.25) is 4.72 Å². The number of halogens is 3. The summed E-state index contributed by atoms with van der Waals surface area (Å²) in [6.07, 6.45) is -4.73. The maximum absolute atomic E-state index is 12.8. The first kappa shape index (κ1) is 16.3. The second-order valence-corrected chi connectivity index (χ2v) is 7.52. The van der Waals surface area contributed by atoms with Crippen LogP contribution in [0.25, 0.3) is 0 Å². The van der Waals surface area contributed by atoms with Gasteiger partial charge in [0, 0.05) is 5.69 Å². The molecule has 0 aromatic heterocycles. The van der Waals surface area contributed by atoms with Crippen LogP contribution in [-0.2, 0) is 16.2 Å². The van der Waals surface area contributed by atoms with E-state index in [1.165, 1.54) is 26.8 Å². The minimum absolute atomic E-state index is 0.230. The number of nitrogens with zero attached hydrogens (tertiary/aromatic N) is 1. The number of nitrogens with one attached hydrogen (secondary N) is 1. The maximum Gasteiger partial charge on any atom is 0.417 e. The van der Waals surface area contributed by atoms with Crippen molar-refractivity contribution < 1.29 is 21.6 Å². The monoisotopic (exact) mass is 306 g/mol. The van der Waals surface area contributed by atoms with E-state index in [4.69, 9.17) is 5.26 Å². The van der Waals surface area contributed by atoms with E-state index in [1.807, 2.05) is 0 Å². The Kier molecular flexibility index (Phi) is 4.06. The average Bonchev–Trinajstić information content (AvgIpc) is 2.25. The van der Waals surface area contributed by atoms with E-state index in [9.17, 15) is 21.6 Å². The summed E-state index contributed by atoms with van der Waals surface area (Å²) in [5, 5.41) is 8.65. The van der Waals surface area contributed by atoms with Gasteiger partial charge in [0.05, 0.1) is 21.9 Å². The Morgan fingerprint density at radius 3 is 2.15 bits per heavy atom. The molecule has 8 heteroatoms. The van der Waals surface area contributed by atoms with Crippen LogP contribution in [0.2, 0.25) is 0 Å². The Morgan fingerprint density at radius 2 is 1.75 bits per heavy atom. The van der Waals surface area contributed by atoms with Gasteiger partial charge in [0.15, 0.2) is 0 Å². The molecular formula is C12H13F3N2O2S. The molecule has 0 radical (unpaired) electrons. The van der Waals surface area contributed by atoms with Crippen LogP contribution >= 0.6 is 0 Å². The molecule has 0 spiro atoms. The SMILES string of the molecule is CC(C)(C)S(=O)(=O)Nc1ccc(C#N)c(C(F)(F)F)c1. The molecule has 20 heavy (non-hydrogen) atoms. The molecule has 0 atom stereocenters. The summed E-state index contributed by atoms with van der Waals surface area (Å²) in [7, 11) is -3.83. The van der Waals surface area contributed by atoms with Gasteiger partial charge in [-0.15, -0.1) is 0 Å². The molecule has 0 aliphatic carbocycles. The molecule has 1 rings (SSSR count). The highest BCUT2D eigenvalue weighted by Gasteiger charge is 2.35. The van der Waals surface area contributed by atoms with Crippen molar-refractivity contribution in [2.45, 2.75) is 31.7 Å². The Balaban J connectivity index is 3.29. The zero-order chi connectivity index (χ0) is 15.8. The van der Waals surface area contributed by atoms with Crippen molar-refractivity contribution in [3.8, 4) is 6.07 Å². The number of rotatable bonds is 2. The fourth-order valence-electron chi connectivity index (χ4n) is 1.25. The van der Waals surface area contributed by atoms with Crippen molar-refractivity contribution in [2.75, 3.05) is 4.72 Å². The molecule has 0 bridgehead atoms. The topological polar surface area (TPSA) is 70.0 Å². The van der Waals surface area contributed by atoms with E-state index >= 15 is 0 Å². The molecule has 0 unspecified atom stereocenters. The number of hydrogen-bond donors (Lipinski definition) is 1. The van der Waals surface area contributed by atoms with Gasteiger partial charge in [-0.1, -0.05) is 0 Å². The van der Waals surface area contributed by atoms with E-state index < -0.39 is 32.1 Å². The third kappa shape index (κ3) is 3.42. The van der Waals surface area contributed by atoms with E-state index in [-0.39, 0.29) is 5.69 Å². The van der Waals surface area contributed by atoms with Crippen molar-refractivity contribution in [3.63, 3.8) is 0 Å². The van der Waals surface area contributed by atoms with Crippen LogP contribution in [-0.4, -0.2) is 13.2 Å². The summed E-state index contributed by atoms with van der Waals surface area (Å²) in [6, 6.07) is 4.09. The highest BCUT2D eigenvalue weighted by Crippen LogP contribution is 2.34. The van der Waals surface area contributed by atoms with Gasteiger partial charge >= 0.3 is 6.18 Å². The van der Waals surface area contributed by atoms with Crippen molar-refractivity contribution in [2.24, 2.45) is 0 Å². The standard InChI is InChI=1S/C12H13F3N2O2S/c1-11(2,3)20(18,19)17-9-5-4-8(7-16)10(6-9)12(13,14)15/h4-6,17H,1-3H3. The number of alkyl halides is 3. The van der Waals surface area contributed by atoms with Crippen LogP contribution in [0.15, 0.2) is 18.2 Å². The van der Waals surface area contributed by atoms with Crippen LogP contribution in [0.1, 0.15) is 31.9 Å². The Hall–Kier alpha value is -1.75. The quantitative estimate of drug-likeness (QED) is 0.912. The van der Waals surface area contributed by atoms with Crippen molar-refractivity contribution >= 4 is 15.7 Å². The molecule has 0 fully saturated rings. The molecule has 0 heterocycles. The second-order valence-electron chi connectivity index (χ2n) is 5.09. The zero-order valence-corrected chi connectivity index (χ0v) is 11.9. The predicted octanol–water partition coefficient (Wildman–Crippen LogP) is 3.12. The van der Waals surface area contributed by atoms with Crippen LogP contribution in [0.3, 0.4) is 0 Å². The Morgan fingerprint density at radius 1 is 1.20 bits per heavy atom. The molecule has 110 valence electrons. The predicted molar refractivity (Wildman–Crippen MR) is 68.5 cm³/mol.